The van der Waals surface area contributed by atoms with E-state index in [2.05, 4.69) is 5.32 Å². The van der Waals surface area contributed by atoms with Crippen LogP contribution in [0.15, 0.2) is 83.8 Å². The predicted molar refractivity (Wildman–Crippen MR) is 152 cm³/mol. The average molecular weight is 536 g/mol. The van der Waals surface area contributed by atoms with Gasteiger partial charge in [0.25, 0.3) is 10.0 Å². The normalized spacial score (nSPS) is 12.0. The van der Waals surface area contributed by atoms with Gasteiger partial charge in [0.05, 0.1) is 10.6 Å². The van der Waals surface area contributed by atoms with E-state index in [-0.39, 0.29) is 17.3 Å². The van der Waals surface area contributed by atoms with Gasteiger partial charge in [-0.1, -0.05) is 80.1 Å². The van der Waals surface area contributed by atoms with Crippen LogP contribution >= 0.6 is 0 Å². The number of carbonyl (C=O) groups excluding carboxylic acids is 2. The van der Waals surface area contributed by atoms with E-state index in [1.54, 1.807) is 36.4 Å². The maximum absolute atomic E-state index is 14.0. The summed E-state index contributed by atoms with van der Waals surface area (Å²) in [5.41, 5.74) is 3.23. The van der Waals surface area contributed by atoms with Crippen molar-refractivity contribution in [2.75, 3.05) is 24.4 Å². The third-order valence-electron chi connectivity index (χ3n) is 6.65. The molecule has 202 valence electrons. The van der Waals surface area contributed by atoms with Crippen molar-refractivity contribution in [2.24, 2.45) is 0 Å². The second-order valence-corrected chi connectivity index (χ2v) is 11.0. The van der Waals surface area contributed by atoms with Gasteiger partial charge in [-0.3, -0.25) is 13.9 Å². The van der Waals surface area contributed by atoms with Crippen LogP contribution in [-0.4, -0.2) is 51.3 Å². The summed E-state index contributed by atoms with van der Waals surface area (Å²) >= 11 is 0. The Morgan fingerprint density at radius 1 is 0.895 bits per heavy atom. The zero-order valence-electron chi connectivity index (χ0n) is 22.6. The monoisotopic (exact) mass is 535 g/mol. The zero-order chi connectivity index (χ0) is 27.7. The van der Waals surface area contributed by atoms with E-state index in [1.807, 2.05) is 63.2 Å². The first-order valence-corrected chi connectivity index (χ1v) is 14.4. The van der Waals surface area contributed by atoms with Gasteiger partial charge in [-0.05, 0) is 55.5 Å². The van der Waals surface area contributed by atoms with Crippen LogP contribution in [0.1, 0.15) is 37.0 Å². The van der Waals surface area contributed by atoms with Gasteiger partial charge >= 0.3 is 0 Å². The highest BCUT2D eigenvalue weighted by Gasteiger charge is 2.33. The molecule has 0 saturated carbocycles. The summed E-state index contributed by atoms with van der Waals surface area (Å²) in [6.45, 7) is 5.54. The highest BCUT2D eigenvalue weighted by molar-refractivity contribution is 7.92. The van der Waals surface area contributed by atoms with Gasteiger partial charge in [-0.25, -0.2) is 8.42 Å². The molecule has 3 aromatic rings. The number of hydrogen-bond acceptors (Lipinski definition) is 4. The number of amides is 2. The van der Waals surface area contributed by atoms with Gasteiger partial charge in [-0.15, -0.1) is 0 Å². The Balaban J connectivity index is 2.04. The summed E-state index contributed by atoms with van der Waals surface area (Å²) in [5.74, 6) is -0.714. The first-order chi connectivity index (χ1) is 18.2. The van der Waals surface area contributed by atoms with E-state index in [1.165, 1.54) is 16.3 Å². The summed E-state index contributed by atoms with van der Waals surface area (Å²) in [6.07, 6.45) is 1.53. The van der Waals surface area contributed by atoms with Crippen LogP contribution in [0.5, 0.6) is 0 Å². The van der Waals surface area contributed by atoms with Gasteiger partial charge in [0.1, 0.15) is 12.6 Å². The zero-order valence-corrected chi connectivity index (χ0v) is 23.4. The highest BCUT2D eigenvalue weighted by Crippen LogP contribution is 2.28. The molecule has 0 aliphatic rings. The summed E-state index contributed by atoms with van der Waals surface area (Å²) < 4.78 is 29.1. The Bertz CT molecular complexity index is 1330. The van der Waals surface area contributed by atoms with Crippen molar-refractivity contribution in [3.63, 3.8) is 0 Å². The second-order valence-electron chi connectivity index (χ2n) is 9.17. The molecule has 0 saturated heterocycles. The Morgan fingerprint density at radius 2 is 1.53 bits per heavy atom. The van der Waals surface area contributed by atoms with Gasteiger partial charge < -0.3 is 10.2 Å². The van der Waals surface area contributed by atoms with Crippen molar-refractivity contribution in [1.29, 1.82) is 0 Å². The minimum atomic E-state index is -4.07. The minimum absolute atomic E-state index is 0.107. The fourth-order valence-electron chi connectivity index (χ4n) is 4.47. The number of sulfonamides is 1. The van der Waals surface area contributed by atoms with Gasteiger partial charge in [-0.2, -0.15) is 0 Å². The standard InChI is InChI=1S/C30H37N3O4S/c1-5-25-14-10-11-15-28(25)33(38(36,37)26-18-16-23(3)17-19-26)22-29(34)32(27(6-2)30(35)31-4)21-20-24-12-8-7-9-13-24/h7-19,27H,5-6,20-22H2,1-4H3,(H,31,35)/t27-/m1/s1. The molecule has 1 N–H and O–H groups in total. The lowest BCUT2D eigenvalue weighted by Crippen LogP contribution is -2.52. The molecule has 0 fully saturated rings. The Morgan fingerprint density at radius 3 is 2.13 bits per heavy atom. The van der Waals surface area contributed by atoms with E-state index in [9.17, 15) is 18.0 Å². The lowest BCUT2D eigenvalue weighted by atomic mass is 10.1. The summed E-state index contributed by atoms with van der Waals surface area (Å²) in [4.78, 5) is 28.3. The molecule has 0 bridgehead atoms. The van der Waals surface area contributed by atoms with Crippen LogP contribution in [0.3, 0.4) is 0 Å². The fraction of sp³-hybridized carbons (Fsp3) is 0.333. The number of nitrogens with one attached hydrogen (secondary N) is 1. The summed E-state index contributed by atoms with van der Waals surface area (Å²) in [6, 6.07) is 22.8. The number of benzene rings is 3. The highest BCUT2D eigenvalue weighted by atomic mass is 32.2. The van der Waals surface area contributed by atoms with Crippen molar-refractivity contribution in [3.05, 3.63) is 95.6 Å². The molecule has 0 unspecified atom stereocenters. The second kappa shape index (κ2) is 13.2. The first kappa shape index (κ1) is 28.9. The van der Waals surface area contributed by atoms with Crippen molar-refractivity contribution >= 4 is 27.5 Å². The summed E-state index contributed by atoms with van der Waals surface area (Å²) in [5, 5.41) is 2.65. The number of carbonyl (C=O) groups is 2. The average Bonchev–Trinajstić information content (AvgIpc) is 2.94. The largest absolute Gasteiger partial charge is 0.357 e. The molecule has 8 heteroatoms. The molecule has 0 aliphatic heterocycles. The van der Waals surface area contributed by atoms with Crippen LogP contribution in [-0.2, 0) is 32.5 Å². The molecule has 7 nitrogen and oxygen atoms in total. The molecular weight excluding hydrogens is 498 g/mol. The van der Waals surface area contributed by atoms with Crippen molar-refractivity contribution in [3.8, 4) is 0 Å². The Labute approximate surface area is 226 Å². The van der Waals surface area contributed by atoms with Crippen LogP contribution < -0.4 is 9.62 Å². The van der Waals surface area contributed by atoms with E-state index in [4.69, 9.17) is 0 Å². The van der Waals surface area contributed by atoms with Crippen LogP contribution in [0.4, 0.5) is 5.69 Å². The van der Waals surface area contributed by atoms with E-state index >= 15 is 0 Å². The smallest absolute Gasteiger partial charge is 0.264 e. The van der Waals surface area contributed by atoms with E-state index in [0.29, 0.717) is 24.9 Å². The number of hydrogen-bond donors (Lipinski definition) is 1. The minimum Gasteiger partial charge on any atom is -0.357 e. The summed E-state index contributed by atoms with van der Waals surface area (Å²) in [7, 11) is -2.53. The molecule has 0 radical (unpaired) electrons. The van der Waals surface area contributed by atoms with Gasteiger partial charge in [0.2, 0.25) is 11.8 Å². The Kier molecular flexibility index (Phi) is 10.1. The maximum atomic E-state index is 14.0. The molecule has 38 heavy (non-hydrogen) atoms. The molecule has 2 amide bonds. The molecule has 3 aromatic carbocycles. The van der Waals surface area contributed by atoms with Gasteiger partial charge in [0, 0.05) is 13.6 Å². The molecule has 1 atom stereocenters. The fourth-order valence-corrected chi connectivity index (χ4v) is 5.92. The third kappa shape index (κ3) is 6.81. The maximum Gasteiger partial charge on any atom is 0.264 e. The number of nitrogens with zero attached hydrogens (tertiary/aromatic N) is 2. The molecule has 0 heterocycles. The number of anilines is 1. The quantitative estimate of drug-likeness (QED) is 0.374. The van der Waals surface area contributed by atoms with Gasteiger partial charge in [0.15, 0.2) is 0 Å². The van der Waals surface area contributed by atoms with Crippen molar-refractivity contribution in [2.45, 2.75) is 51.0 Å². The van der Waals surface area contributed by atoms with Crippen LogP contribution in [0.2, 0.25) is 0 Å². The third-order valence-corrected chi connectivity index (χ3v) is 8.42. The SMILES string of the molecule is CCc1ccccc1N(CC(=O)N(CCc1ccccc1)[C@H](CC)C(=O)NC)S(=O)(=O)c1ccc(C)cc1. The predicted octanol–water partition coefficient (Wildman–Crippen LogP) is 4.35. The number of rotatable bonds is 12. The first-order valence-electron chi connectivity index (χ1n) is 12.9. The van der Waals surface area contributed by atoms with Crippen molar-refractivity contribution in [1.82, 2.24) is 10.2 Å². The Hall–Kier alpha value is -3.65. The van der Waals surface area contributed by atoms with Crippen molar-refractivity contribution < 1.29 is 18.0 Å². The molecule has 0 spiro atoms. The van der Waals surface area contributed by atoms with Crippen LogP contribution in [0.25, 0.3) is 0 Å². The van der Waals surface area contributed by atoms with E-state index < -0.39 is 28.5 Å². The van der Waals surface area contributed by atoms with Crippen LogP contribution in [0, 0.1) is 6.92 Å². The molecule has 0 aromatic heterocycles. The number of para-hydroxylation sites is 1. The topological polar surface area (TPSA) is 86.8 Å². The molecular formula is C30H37N3O4S. The number of likely N-dealkylation sites (N-methyl/N-ethyl adjacent to an activating group) is 1. The molecule has 3 rings (SSSR count). The lowest BCUT2D eigenvalue weighted by molar-refractivity contribution is -0.139. The number of aryl methyl sites for hydroxylation is 2. The lowest BCUT2D eigenvalue weighted by Gasteiger charge is -2.33. The van der Waals surface area contributed by atoms with E-state index in [0.717, 1.165) is 16.7 Å². The molecule has 0 aliphatic carbocycles.